The number of carbonyl (C=O) groups is 1. The Bertz CT molecular complexity index is 1050. The van der Waals surface area contributed by atoms with E-state index in [4.69, 9.17) is 14.2 Å². The first-order valence-electron chi connectivity index (χ1n) is 9.71. The average molecular weight is 443 g/mol. The van der Waals surface area contributed by atoms with Crippen LogP contribution in [0.15, 0.2) is 60.7 Å². The topological polar surface area (TPSA) is 66.0 Å². The number of nitrogens with one attached hydrogen (secondary N) is 1. The Labute approximate surface area is 184 Å². The monoisotopic (exact) mass is 443 g/mol. The van der Waals surface area contributed by atoms with Crippen LogP contribution in [-0.4, -0.2) is 26.7 Å². The summed E-state index contributed by atoms with van der Waals surface area (Å²) in [7, 11) is 2.92. The number of amides is 1. The highest BCUT2D eigenvalue weighted by atomic mass is 19.3. The van der Waals surface area contributed by atoms with E-state index in [1.54, 1.807) is 13.0 Å². The molecule has 0 spiro atoms. The number of anilines is 1. The first kappa shape index (κ1) is 22.9. The molecule has 0 aliphatic carbocycles. The molecule has 0 heterocycles. The van der Waals surface area contributed by atoms with Crippen LogP contribution in [0, 0.1) is 6.92 Å². The zero-order chi connectivity index (χ0) is 23.1. The third-order valence-electron chi connectivity index (χ3n) is 4.70. The van der Waals surface area contributed by atoms with Gasteiger partial charge in [-0.25, -0.2) is 0 Å². The minimum absolute atomic E-state index is 0.0161. The molecule has 0 aromatic heterocycles. The fraction of sp³-hybridized carbons (Fsp3) is 0.208. The van der Waals surface area contributed by atoms with Crippen molar-refractivity contribution in [3.05, 3.63) is 77.4 Å². The number of halogens is 2. The Morgan fingerprint density at radius 3 is 2.19 bits per heavy atom. The van der Waals surface area contributed by atoms with Crippen LogP contribution in [0.2, 0.25) is 0 Å². The van der Waals surface area contributed by atoms with E-state index in [2.05, 4.69) is 10.1 Å². The molecule has 1 N–H and O–H groups in total. The maximum atomic E-state index is 12.9. The van der Waals surface area contributed by atoms with Crippen LogP contribution in [0.25, 0.3) is 0 Å². The van der Waals surface area contributed by atoms with Gasteiger partial charge in [0.1, 0.15) is 12.4 Å². The van der Waals surface area contributed by atoms with Crippen molar-refractivity contribution in [2.45, 2.75) is 20.1 Å². The zero-order valence-electron chi connectivity index (χ0n) is 17.9. The summed E-state index contributed by atoms with van der Waals surface area (Å²) in [6.45, 7) is -1.10. The Morgan fingerprint density at radius 1 is 0.938 bits per heavy atom. The smallest absolute Gasteiger partial charge is 0.387 e. The second-order valence-corrected chi connectivity index (χ2v) is 6.75. The van der Waals surface area contributed by atoms with Crippen LogP contribution in [0.1, 0.15) is 21.5 Å². The van der Waals surface area contributed by atoms with Crippen LogP contribution in [0.3, 0.4) is 0 Å². The van der Waals surface area contributed by atoms with Crippen molar-refractivity contribution in [2.24, 2.45) is 0 Å². The summed E-state index contributed by atoms with van der Waals surface area (Å²) in [6.07, 6.45) is 0. The van der Waals surface area contributed by atoms with Crippen molar-refractivity contribution in [3.63, 3.8) is 0 Å². The van der Waals surface area contributed by atoms with Gasteiger partial charge < -0.3 is 24.3 Å². The van der Waals surface area contributed by atoms with Crippen molar-refractivity contribution >= 4 is 11.6 Å². The Morgan fingerprint density at radius 2 is 1.59 bits per heavy atom. The van der Waals surface area contributed by atoms with Crippen molar-refractivity contribution < 1.29 is 32.5 Å². The molecule has 168 valence electrons. The lowest BCUT2D eigenvalue weighted by atomic mass is 10.1. The van der Waals surface area contributed by atoms with Crippen LogP contribution < -0.4 is 24.3 Å². The summed E-state index contributed by atoms with van der Waals surface area (Å²) >= 11 is 0. The number of hydrogen-bond acceptors (Lipinski definition) is 5. The zero-order valence-corrected chi connectivity index (χ0v) is 17.9. The average Bonchev–Trinajstić information content (AvgIpc) is 2.80. The normalized spacial score (nSPS) is 10.6. The van der Waals surface area contributed by atoms with Crippen molar-refractivity contribution in [3.8, 4) is 23.0 Å². The molecule has 0 aliphatic rings. The molecule has 32 heavy (non-hydrogen) atoms. The molecule has 0 unspecified atom stereocenters. The molecular weight excluding hydrogens is 420 g/mol. The van der Waals surface area contributed by atoms with Crippen molar-refractivity contribution in [1.82, 2.24) is 0 Å². The highest BCUT2D eigenvalue weighted by Crippen LogP contribution is 2.39. The number of rotatable bonds is 9. The molecule has 0 saturated carbocycles. The molecule has 0 atom stereocenters. The molecule has 3 aromatic carbocycles. The molecule has 3 aromatic rings. The Kier molecular flexibility index (Phi) is 7.49. The summed E-state index contributed by atoms with van der Waals surface area (Å²) in [5, 5.41) is 2.70. The number of hydrogen-bond donors (Lipinski definition) is 1. The third kappa shape index (κ3) is 5.46. The minimum atomic E-state index is -2.96. The molecule has 3 rings (SSSR count). The van der Waals surface area contributed by atoms with Gasteiger partial charge in [0.15, 0.2) is 11.5 Å². The quantitative estimate of drug-likeness (QED) is 0.477. The van der Waals surface area contributed by atoms with E-state index >= 15 is 0 Å². The van der Waals surface area contributed by atoms with Crippen LogP contribution in [0.4, 0.5) is 14.5 Å². The van der Waals surface area contributed by atoms with Crippen LogP contribution >= 0.6 is 0 Å². The van der Waals surface area contributed by atoms with Gasteiger partial charge in [-0.15, -0.1) is 0 Å². The molecule has 0 radical (unpaired) electrons. The van der Waals surface area contributed by atoms with E-state index in [1.807, 2.05) is 30.3 Å². The highest BCUT2D eigenvalue weighted by Gasteiger charge is 2.19. The molecule has 6 nitrogen and oxygen atoms in total. The predicted molar refractivity (Wildman–Crippen MR) is 116 cm³/mol. The first-order valence-corrected chi connectivity index (χ1v) is 9.71. The Hall–Kier alpha value is -3.81. The standard InChI is InChI=1S/C24H23F2NO5/c1-15-18(10-7-11-19(15)32-24(25)26)27-23(28)17-12-20(29-2)22(21(13-17)30-3)31-14-16-8-5-4-6-9-16/h4-13,24H,14H2,1-3H3,(H,27,28). The number of carbonyl (C=O) groups excluding carboxylic acids is 1. The van der Waals surface area contributed by atoms with Crippen molar-refractivity contribution in [1.29, 1.82) is 0 Å². The van der Waals surface area contributed by atoms with Gasteiger partial charge in [-0.3, -0.25) is 4.79 Å². The maximum absolute atomic E-state index is 12.9. The second-order valence-electron chi connectivity index (χ2n) is 6.75. The lowest BCUT2D eigenvalue weighted by Gasteiger charge is -2.17. The summed E-state index contributed by atoms with van der Waals surface area (Å²) in [5.41, 5.74) is 1.92. The number of benzene rings is 3. The van der Waals surface area contributed by atoms with E-state index in [9.17, 15) is 13.6 Å². The van der Waals surface area contributed by atoms with Gasteiger partial charge in [0, 0.05) is 16.8 Å². The third-order valence-corrected chi connectivity index (χ3v) is 4.70. The predicted octanol–water partition coefficient (Wildman–Crippen LogP) is 5.44. The summed E-state index contributed by atoms with van der Waals surface area (Å²) in [4.78, 5) is 12.9. The number of methoxy groups -OCH3 is 2. The van der Waals surface area contributed by atoms with E-state index < -0.39 is 12.5 Å². The van der Waals surface area contributed by atoms with Gasteiger partial charge in [0.05, 0.1) is 14.2 Å². The second kappa shape index (κ2) is 10.5. The van der Waals surface area contributed by atoms with Gasteiger partial charge in [0.2, 0.25) is 5.75 Å². The van der Waals surface area contributed by atoms with Gasteiger partial charge in [-0.2, -0.15) is 8.78 Å². The molecule has 0 aliphatic heterocycles. The van der Waals surface area contributed by atoms with Gasteiger partial charge in [0.25, 0.3) is 5.91 Å². The molecular formula is C24H23F2NO5. The van der Waals surface area contributed by atoms with E-state index in [1.165, 1.54) is 38.5 Å². The van der Waals surface area contributed by atoms with Gasteiger partial charge >= 0.3 is 6.61 Å². The molecule has 0 saturated heterocycles. The summed E-state index contributed by atoms with van der Waals surface area (Å²) < 4.78 is 46.4. The number of ether oxygens (including phenoxy) is 4. The van der Waals surface area contributed by atoms with Crippen molar-refractivity contribution in [2.75, 3.05) is 19.5 Å². The van der Waals surface area contributed by atoms with Crippen LogP contribution in [-0.2, 0) is 6.61 Å². The van der Waals surface area contributed by atoms with E-state index in [0.717, 1.165) is 5.56 Å². The lowest BCUT2D eigenvalue weighted by Crippen LogP contribution is -2.14. The number of alkyl halides is 2. The fourth-order valence-electron chi connectivity index (χ4n) is 3.05. The maximum Gasteiger partial charge on any atom is 0.387 e. The fourth-order valence-corrected chi connectivity index (χ4v) is 3.05. The highest BCUT2D eigenvalue weighted by molar-refractivity contribution is 6.05. The van der Waals surface area contributed by atoms with Gasteiger partial charge in [-0.05, 0) is 36.8 Å². The molecule has 8 heteroatoms. The van der Waals surface area contributed by atoms with Crippen LogP contribution in [0.5, 0.6) is 23.0 Å². The van der Waals surface area contributed by atoms with E-state index in [-0.39, 0.29) is 17.9 Å². The summed E-state index contributed by atoms with van der Waals surface area (Å²) in [5.74, 6) is 0.499. The SMILES string of the molecule is COc1cc(C(=O)Nc2cccc(OC(F)F)c2C)cc(OC)c1OCc1ccccc1. The summed E-state index contributed by atoms with van der Waals surface area (Å²) in [6, 6.07) is 17.1. The molecule has 0 bridgehead atoms. The Balaban J connectivity index is 1.84. The largest absolute Gasteiger partial charge is 0.493 e. The first-order chi connectivity index (χ1) is 15.4. The van der Waals surface area contributed by atoms with Gasteiger partial charge in [-0.1, -0.05) is 36.4 Å². The van der Waals surface area contributed by atoms with E-state index in [0.29, 0.717) is 28.5 Å². The molecule has 0 fully saturated rings. The molecule has 1 amide bonds. The lowest BCUT2D eigenvalue weighted by molar-refractivity contribution is -0.0502. The minimum Gasteiger partial charge on any atom is -0.493 e.